The van der Waals surface area contributed by atoms with Gasteiger partial charge >= 0.3 is 0 Å². The SMILES string of the molecule is CCC1CCCCN1C(=O)CN1CCN(S(=O)(=O)c2ccc(C)c(C)c2)CC1. The Labute approximate surface area is 169 Å². The van der Waals surface area contributed by atoms with Crippen LogP contribution in [0.4, 0.5) is 0 Å². The molecule has 2 heterocycles. The Bertz CT molecular complexity index is 801. The normalized spacial score (nSPS) is 22.4. The van der Waals surface area contributed by atoms with E-state index in [4.69, 9.17) is 0 Å². The fourth-order valence-electron chi connectivity index (χ4n) is 4.19. The number of hydrogen-bond acceptors (Lipinski definition) is 4. The van der Waals surface area contributed by atoms with Crippen molar-refractivity contribution in [2.75, 3.05) is 39.3 Å². The van der Waals surface area contributed by atoms with Crippen LogP contribution < -0.4 is 0 Å². The molecule has 0 aliphatic carbocycles. The van der Waals surface area contributed by atoms with Crippen molar-refractivity contribution in [1.82, 2.24) is 14.1 Å². The first-order chi connectivity index (χ1) is 13.3. The number of rotatable bonds is 5. The second-order valence-corrected chi connectivity index (χ2v) is 10.0. The van der Waals surface area contributed by atoms with Crippen LogP contribution in [0.3, 0.4) is 0 Å². The number of sulfonamides is 1. The monoisotopic (exact) mass is 407 g/mol. The minimum atomic E-state index is -3.48. The molecule has 1 aromatic rings. The third-order valence-electron chi connectivity index (χ3n) is 6.23. The van der Waals surface area contributed by atoms with Gasteiger partial charge in [-0.25, -0.2) is 8.42 Å². The summed E-state index contributed by atoms with van der Waals surface area (Å²) < 4.78 is 27.4. The average Bonchev–Trinajstić information content (AvgIpc) is 2.70. The number of aryl methyl sites for hydroxylation is 2. The molecule has 7 heteroatoms. The van der Waals surface area contributed by atoms with Gasteiger partial charge in [0.05, 0.1) is 11.4 Å². The second-order valence-electron chi connectivity index (χ2n) is 8.07. The second kappa shape index (κ2) is 8.93. The number of hydrogen-bond donors (Lipinski definition) is 0. The lowest BCUT2D eigenvalue weighted by atomic mass is 10.00. The largest absolute Gasteiger partial charge is 0.339 e. The molecule has 28 heavy (non-hydrogen) atoms. The van der Waals surface area contributed by atoms with Crippen molar-refractivity contribution in [3.63, 3.8) is 0 Å². The lowest BCUT2D eigenvalue weighted by Gasteiger charge is -2.38. The van der Waals surface area contributed by atoms with Crippen LogP contribution in [0.15, 0.2) is 23.1 Å². The van der Waals surface area contributed by atoms with Crippen LogP contribution in [0.2, 0.25) is 0 Å². The van der Waals surface area contributed by atoms with E-state index in [1.807, 2.05) is 24.8 Å². The number of piperidine rings is 1. The Balaban J connectivity index is 1.58. The molecule has 0 saturated carbocycles. The fraction of sp³-hybridized carbons (Fsp3) is 0.667. The van der Waals surface area contributed by atoms with Gasteiger partial charge in [0.1, 0.15) is 0 Å². The predicted molar refractivity (Wildman–Crippen MR) is 111 cm³/mol. The Morgan fingerprint density at radius 1 is 1.04 bits per heavy atom. The molecule has 1 amide bonds. The molecule has 6 nitrogen and oxygen atoms in total. The summed E-state index contributed by atoms with van der Waals surface area (Å²) >= 11 is 0. The highest BCUT2D eigenvalue weighted by molar-refractivity contribution is 7.89. The number of piperazine rings is 1. The molecule has 2 saturated heterocycles. The zero-order chi connectivity index (χ0) is 20.3. The van der Waals surface area contributed by atoms with E-state index in [-0.39, 0.29) is 5.91 Å². The van der Waals surface area contributed by atoms with Gasteiger partial charge < -0.3 is 4.90 Å². The van der Waals surface area contributed by atoms with Crippen molar-refractivity contribution in [2.24, 2.45) is 0 Å². The van der Waals surface area contributed by atoms with Gasteiger partial charge in [-0.05, 0) is 62.8 Å². The van der Waals surface area contributed by atoms with Crippen LogP contribution in [0.5, 0.6) is 0 Å². The molecule has 2 aliphatic rings. The van der Waals surface area contributed by atoms with E-state index >= 15 is 0 Å². The smallest absolute Gasteiger partial charge is 0.243 e. The lowest BCUT2D eigenvalue weighted by molar-refractivity contribution is -0.136. The van der Waals surface area contributed by atoms with E-state index in [0.717, 1.165) is 36.9 Å². The van der Waals surface area contributed by atoms with Crippen LogP contribution >= 0.6 is 0 Å². The van der Waals surface area contributed by atoms with Gasteiger partial charge in [0.2, 0.25) is 15.9 Å². The van der Waals surface area contributed by atoms with Crippen molar-refractivity contribution in [3.8, 4) is 0 Å². The number of likely N-dealkylation sites (tertiary alicyclic amines) is 1. The third kappa shape index (κ3) is 4.58. The van der Waals surface area contributed by atoms with Gasteiger partial charge in [-0.15, -0.1) is 0 Å². The molecule has 0 N–H and O–H groups in total. The Kier molecular flexibility index (Phi) is 6.78. The number of nitrogens with zero attached hydrogens (tertiary/aromatic N) is 3. The summed E-state index contributed by atoms with van der Waals surface area (Å²) in [6.07, 6.45) is 4.40. The van der Waals surface area contributed by atoms with Crippen LogP contribution in [-0.4, -0.2) is 73.7 Å². The third-order valence-corrected chi connectivity index (χ3v) is 8.12. The maximum absolute atomic E-state index is 12.9. The summed E-state index contributed by atoms with van der Waals surface area (Å²) in [5, 5.41) is 0. The van der Waals surface area contributed by atoms with E-state index < -0.39 is 10.0 Å². The molecule has 2 fully saturated rings. The van der Waals surface area contributed by atoms with Crippen LogP contribution in [0, 0.1) is 13.8 Å². The molecule has 0 aromatic heterocycles. The summed E-state index contributed by atoms with van der Waals surface area (Å²) in [5.41, 5.74) is 2.07. The maximum Gasteiger partial charge on any atom is 0.243 e. The minimum Gasteiger partial charge on any atom is -0.339 e. The first-order valence-corrected chi connectivity index (χ1v) is 11.9. The van der Waals surface area contributed by atoms with E-state index in [1.54, 1.807) is 16.4 Å². The molecular weight excluding hydrogens is 374 g/mol. The van der Waals surface area contributed by atoms with Crippen molar-refractivity contribution in [3.05, 3.63) is 29.3 Å². The van der Waals surface area contributed by atoms with E-state index in [1.165, 1.54) is 6.42 Å². The first-order valence-electron chi connectivity index (χ1n) is 10.4. The van der Waals surface area contributed by atoms with E-state index in [2.05, 4.69) is 11.8 Å². The van der Waals surface area contributed by atoms with E-state index in [9.17, 15) is 13.2 Å². The topological polar surface area (TPSA) is 60.9 Å². The number of carbonyl (C=O) groups is 1. The van der Waals surface area contributed by atoms with Gasteiger partial charge in [0.15, 0.2) is 0 Å². The summed E-state index contributed by atoms with van der Waals surface area (Å²) in [5.74, 6) is 0.192. The number of carbonyl (C=O) groups excluding carboxylic acids is 1. The highest BCUT2D eigenvalue weighted by Gasteiger charge is 2.31. The van der Waals surface area contributed by atoms with Crippen molar-refractivity contribution in [2.45, 2.75) is 57.4 Å². The van der Waals surface area contributed by atoms with Crippen LogP contribution in [-0.2, 0) is 14.8 Å². The predicted octanol–water partition coefficient (Wildman–Crippen LogP) is 2.40. The summed E-state index contributed by atoms with van der Waals surface area (Å²) in [6, 6.07) is 5.67. The molecule has 1 unspecified atom stereocenters. The fourth-order valence-corrected chi connectivity index (χ4v) is 5.69. The quantitative estimate of drug-likeness (QED) is 0.752. The average molecular weight is 408 g/mol. The summed E-state index contributed by atoms with van der Waals surface area (Å²) in [6.45, 7) is 9.37. The van der Waals surface area contributed by atoms with Gasteiger partial charge in [0.25, 0.3) is 0 Å². The molecule has 0 radical (unpaired) electrons. The van der Waals surface area contributed by atoms with Crippen molar-refractivity contribution >= 4 is 15.9 Å². The molecular formula is C21H33N3O3S. The summed E-state index contributed by atoms with van der Waals surface area (Å²) in [4.78, 5) is 17.3. The zero-order valence-electron chi connectivity index (χ0n) is 17.4. The molecule has 0 bridgehead atoms. The van der Waals surface area contributed by atoms with E-state index in [0.29, 0.717) is 43.7 Å². The van der Waals surface area contributed by atoms with Gasteiger partial charge in [-0.2, -0.15) is 4.31 Å². The molecule has 2 aliphatic heterocycles. The highest BCUT2D eigenvalue weighted by atomic mass is 32.2. The molecule has 3 rings (SSSR count). The van der Waals surface area contributed by atoms with Gasteiger partial charge in [-0.1, -0.05) is 13.0 Å². The standard InChI is InChI=1S/C21H33N3O3S/c1-4-19-7-5-6-10-24(19)21(25)16-22-11-13-23(14-12-22)28(26,27)20-9-8-17(2)18(3)15-20/h8-9,15,19H,4-7,10-14,16H2,1-3H3. The summed E-state index contributed by atoms with van der Waals surface area (Å²) in [7, 11) is -3.48. The molecule has 156 valence electrons. The van der Waals surface area contributed by atoms with Crippen LogP contribution in [0.1, 0.15) is 43.7 Å². The number of benzene rings is 1. The minimum absolute atomic E-state index is 0.192. The maximum atomic E-state index is 12.9. The van der Waals surface area contributed by atoms with Gasteiger partial charge in [-0.3, -0.25) is 9.69 Å². The van der Waals surface area contributed by atoms with Crippen molar-refractivity contribution in [1.29, 1.82) is 0 Å². The lowest BCUT2D eigenvalue weighted by Crippen LogP contribution is -2.53. The molecule has 0 spiro atoms. The Morgan fingerprint density at radius 2 is 1.75 bits per heavy atom. The Morgan fingerprint density at radius 3 is 2.39 bits per heavy atom. The Hall–Kier alpha value is -1.44. The molecule has 1 aromatic carbocycles. The van der Waals surface area contributed by atoms with Gasteiger partial charge in [0, 0.05) is 38.8 Å². The highest BCUT2D eigenvalue weighted by Crippen LogP contribution is 2.22. The van der Waals surface area contributed by atoms with Crippen LogP contribution in [0.25, 0.3) is 0 Å². The van der Waals surface area contributed by atoms with Crippen molar-refractivity contribution < 1.29 is 13.2 Å². The number of amides is 1. The first kappa shape index (κ1) is 21.3. The zero-order valence-corrected chi connectivity index (χ0v) is 18.2. The molecule has 1 atom stereocenters.